The lowest BCUT2D eigenvalue weighted by Gasteiger charge is -2.36. The van der Waals surface area contributed by atoms with Gasteiger partial charge in [0.05, 0.1) is 34.9 Å². The number of nitrogens with two attached hydrogens (primary N) is 3. The van der Waals surface area contributed by atoms with Gasteiger partial charge in [-0.1, -0.05) is 57.2 Å². The molecule has 59 heavy (non-hydrogen) atoms. The van der Waals surface area contributed by atoms with Crippen LogP contribution < -0.4 is 27.8 Å². The van der Waals surface area contributed by atoms with Crippen molar-refractivity contribution in [3.63, 3.8) is 0 Å². The van der Waals surface area contributed by atoms with E-state index in [1.165, 1.54) is 4.90 Å². The van der Waals surface area contributed by atoms with Gasteiger partial charge in [0, 0.05) is 61.2 Å². The van der Waals surface area contributed by atoms with Crippen LogP contribution in [-0.2, 0) is 27.5 Å². The van der Waals surface area contributed by atoms with Gasteiger partial charge in [0.25, 0.3) is 0 Å². The van der Waals surface area contributed by atoms with Crippen LogP contribution in [0.4, 0.5) is 0 Å². The predicted molar refractivity (Wildman–Crippen MR) is 229 cm³/mol. The Labute approximate surface area is 349 Å². The molecule has 4 heterocycles. The lowest BCUT2D eigenvalue weighted by Crippen LogP contribution is -2.59. The number of nitrogens with zero attached hydrogens (tertiary/aromatic N) is 5. The SMILES string of the molecule is Cc1ncsc1-c1ccc(CNC(=O)[C@@H]2C[C@@H](O)CN2C(=O)[C@@H](NC(=O)CN2CCC[C@@H](Cn3cc(C(/C=C(\N)c4ccccc4O)=C(N)N)cn3)C2)C(C)(C)C)cc1. The molecule has 3 amide bonds. The first-order chi connectivity index (χ1) is 28.1. The largest absolute Gasteiger partial charge is 0.507 e. The van der Waals surface area contributed by atoms with Gasteiger partial charge < -0.3 is 42.9 Å². The molecule has 2 fully saturated rings. The highest BCUT2D eigenvalue weighted by Gasteiger charge is 2.44. The second kappa shape index (κ2) is 18.5. The second-order valence-electron chi connectivity index (χ2n) is 16.6. The van der Waals surface area contributed by atoms with Crippen LogP contribution in [0.5, 0.6) is 5.75 Å². The number of carbonyl (C=O) groups excluding carboxylic acids is 3. The van der Waals surface area contributed by atoms with Crippen LogP contribution in [0.2, 0.25) is 0 Å². The number of piperidine rings is 1. The Morgan fingerprint density at radius 3 is 2.49 bits per heavy atom. The van der Waals surface area contributed by atoms with Crippen molar-refractivity contribution in [2.24, 2.45) is 28.5 Å². The fourth-order valence-electron chi connectivity index (χ4n) is 7.79. The van der Waals surface area contributed by atoms with Gasteiger partial charge in [0.15, 0.2) is 0 Å². The molecule has 0 radical (unpaired) electrons. The van der Waals surface area contributed by atoms with Crippen LogP contribution in [-0.4, -0.2) is 96.9 Å². The number of aliphatic hydroxyl groups is 1. The molecule has 2 aromatic carbocycles. The van der Waals surface area contributed by atoms with Crippen molar-refractivity contribution in [2.75, 3.05) is 26.2 Å². The van der Waals surface area contributed by atoms with Gasteiger partial charge in [-0.15, -0.1) is 11.3 Å². The Balaban J connectivity index is 1.04. The molecule has 2 aliphatic rings. The average Bonchev–Trinajstić information content (AvgIpc) is 3.94. The number of likely N-dealkylation sites (tertiary alicyclic amines) is 2. The molecular formula is C43H56N10O5S. The molecule has 314 valence electrons. The number of hydrogen-bond donors (Lipinski definition) is 7. The molecule has 10 N–H and O–H groups in total. The van der Waals surface area contributed by atoms with Crippen LogP contribution in [0, 0.1) is 18.3 Å². The molecule has 2 aromatic heterocycles. The Morgan fingerprint density at radius 2 is 1.81 bits per heavy atom. The van der Waals surface area contributed by atoms with Crippen molar-refractivity contribution in [1.82, 2.24) is 35.2 Å². The fraction of sp³-hybridized carbons (Fsp3) is 0.419. The Hall–Kier alpha value is -5.71. The van der Waals surface area contributed by atoms with Crippen LogP contribution >= 0.6 is 11.3 Å². The molecule has 16 heteroatoms. The zero-order valence-electron chi connectivity index (χ0n) is 34.1. The number of carbonyl (C=O) groups is 3. The third-order valence-corrected chi connectivity index (χ3v) is 11.9. The summed E-state index contributed by atoms with van der Waals surface area (Å²) in [6, 6.07) is 12.8. The van der Waals surface area contributed by atoms with Gasteiger partial charge in [-0.3, -0.25) is 24.0 Å². The number of allylic oxidation sites excluding steroid dienone is 2. The van der Waals surface area contributed by atoms with Crippen molar-refractivity contribution >= 4 is 40.3 Å². The van der Waals surface area contributed by atoms with Crippen molar-refractivity contribution in [3.05, 3.63) is 101 Å². The maximum atomic E-state index is 14.2. The normalized spacial score (nSPS) is 19.3. The second-order valence-corrected chi connectivity index (χ2v) is 17.5. The number of aryl methyl sites for hydroxylation is 1. The number of amides is 3. The number of para-hydroxylation sites is 1. The summed E-state index contributed by atoms with van der Waals surface area (Å²) in [5.41, 5.74) is 24.4. The minimum absolute atomic E-state index is 0.000657. The highest BCUT2D eigenvalue weighted by atomic mass is 32.1. The lowest BCUT2D eigenvalue weighted by molar-refractivity contribution is -0.144. The fourth-order valence-corrected chi connectivity index (χ4v) is 8.60. The van der Waals surface area contributed by atoms with Crippen LogP contribution in [0.3, 0.4) is 0 Å². The summed E-state index contributed by atoms with van der Waals surface area (Å²) in [4.78, 5) is 50.2. The topological polar surface area (TPSA) is 231 Å². The first-order valence-corrected chi connectivity index (χ1v) is 20.8. The minimum atomic E-state index is -0.924. The van der Waals surface area contributed by atoms with Gasteiger partial charge in [0.1, 0.15) is 23.7 Å². The van der Waals surface area contributed by atoms with Crippen LogP contribution in [0.15, 0.2) is 78.3 Å². The summed E-state index contributed by atoms with van der Waals surface area (Å²) in [6.45, 7) is 9.92. The molecule has 6 rings (SSSR count). The van der Waals surface area contributed by atoms with Crippen molar-refractivity contribution in [2.45, 2.75) is 78.2 Å². The minimum Gasteiger partial charge on any atom is -0.507 e. The standard InChI is InChI=1S/C43H56N10O5S/c1-26-38(59-25-48-26)29-13-11-27(12-14-29)18-47-41(57)35-16-31(54)23-53(35)42(58)39(43(2,3)4)50-37(56)24-51-15-7-8-28(20-51)21-52-22-30(19-49-52)33(40(45)46)17-34(44)32-9-5-6-10-36(32)55/h5-6,9-14,17,19,22,25,28,31,35,39,54-55H,7-8,15-16,18,20-21,23-24,44-46H2,1-4H3,(H,47,57)(H,50,56)/b34-17-/t28-,31-,35+,39-/m1/s1. The van der Waals surface area contributed by atoms with Crippen LogP contribution in [0.25, 0.3) is 21.7 Å². The molecule has 2 saturated heterocycles. The number of aromatic nitrogens is 3. The monoisotopic (exact) mass is 824 g/mol. The zero-order chi connectivity index (χ0) is 42.4. The number of rotatable bonds is 13. The molecule has 0 aliphatic carbocycles. The molecule has 0 bridgehead atoms. The van der Waals surface area contributed by atoms with E-state index in [9.17, 15) is 24.6 Å². The Morgan fingerprint density at radius 1 is 1.07 bits per heavy atom. The number of benzene rings is 2. The number of β-amino-alcohol motifs (C(OH)–C–C–N with tert-alkyl or cyclic N) is 1. The number of thiazole rings is 1. The molecule has 0 saturated carbocycles. The molecule has 2 aliphatic heterocycles. The van der Waals surface area contributed by atoms with Crippen molar-refractivity contribution in [1.29, 1.82) is 0 Å². The summed E-state index contributed by atoms with van der Waals surface area (Å²) >= 11 is 1.58. The van der Waals surface area contributed by atoms with E-state index < -0.39 is 29.5 Å². The lowest BCUT2D eigenvalue weighted by atomic mass is 9.85. The summed E-state index contributed by atoms with van der Waals surface area (Å²) in [6.07, 6.45) is 6.20. The third-order valence-electron chi connectivity index (χ3n) is 10.9. The number of hydrogen-bond acceptors (Lipinski definition) is 12. The van der Waals surface area contributed by atoms with E-state index in [2.05, 4.69) is 25.6 Å². The molecule has 0 spiro atoms. The maximum Gasteiger partial charge on any atom is 0.246 e. The highest BCUT2D eigenvalue weighted by molar-refractivity contribution is 7.13. The predicted octanol–water partition coefficient (Wildman–Crippen LogP) is 3.13. The molecule has 4 atom stereocenters. The van der Waals surface area contributed by atoms with Gasteiger partial charge >= 0.3 is 0 Å². The van der Waals surface area contributed by atoms with E-state index in [4.69, 9.17) is 17.2 Å². The number of aromatic hydroxyl groups is 1. The number of phenols is 1. The Bertz CT molecular complexity index is 2190. The summed E-state index contributed by atoms with van der Waals surface area (Å²) in [7, 11) is 0. The van der Waals surface area contributed by atoms with Gasteiger partial charge in [-0.05, 0) is 67.0 Å². The summed E-state index contributed by atoms with van der Waals surface area (Å²) in [5, 5.41) is 31.4. The zero-order valence-corrected chi connectivity index (χ0v) is 34.9. The number of aliphatic hydroxyl groups excluding tert-OH is 1. The molecule has 4 aromatic rings. The van der Waals surface area contributed by atoms with E-state index in [0.29, 0.717) is 35.5 Å². The maximum absolute atomic E-state index is 14.2. The molecular weight excluding hydrogens is 769 g/mol. The smallest absolute Gasteiger partial charge is 0.246 e. The quantitative estimate of drug-likeness (QED) is 0.0969. The summed E-state index contributed by atoms with van der Waals surface area (Å²) in [5.74, 6) is -0.752. The van der Waals surface area contributed by atoms with Crippen molar-refractivity contribution in [3.8, 4) is 16.2 Å². The molecule has 0 unspecified atom stereocenters. The van der Waals surface area contributed by atoms with E-state index in [0.717, 1.165) is 41.1 Å². The van der Waals surface area contributed by atoms with Gasteiger partial charge in [-0.2, -0.15) is 5.10 Å². The first-order valence-electron chi connectivity index (χ1n) is 19.9. The number of phenolic OH excluding ortho intramolecular Hbond substituents is 1. The molecule has 15 nitrogen and oxygen atoms in total. The van der Waals surface area contributed by atoms with E-state index in [1.807, 2.05) is 68.3 Å². The number of nitrogens with one attached hydrogen (secondary N) is 2. The van der Waals surface area contributed by atoms with E-state index in [-0.39, 0.29) is 55.4 Å². The Kier molecular flexibility index (Phi) is 13.4. The van der Waals surface area contributed by atoms with Crippen LogP contribution in [0.1, 0.15) is 62.4 Å². The summed E-state index contributed by atoms with van der Waals surface area (Å²) < 4.78 is 1.82. The first kappa shape index (κ1) is 42.9. The van der Waals surface area contributed by atoms with E-state index in [1.54, 1.807) is 47.9 Å². The van der Waals surface area contributed by atoms with Crippen molar-refractivity contribution < 1.29 is 24.6 Å². The van der Waals surface area contributed by atoms with E-state index >= 15 is 0 Å². The van der Waals surface area contributed by atoms with Gasteiger partial charge in [-0.25, -0.2) is 4.98 Å². The highest BCUT2D eigenvalue weighted by Crippen LogP contribution is 2.30. The average molecular weight is 825 g/mol. The van der Waals surface area contributed by atoms with Gasteiger partial charge in [0.2, 0.25) is 17.7 Å². The third kappa shape index (κ3) is 10.7.